The molecule has 0 spiro atoms. The number of carbonyl (C=O) groups is 2. The van der Waals surface area contributed by atoms with Crippen LogP contribution in [0.1, 0.15) is 28.3 Å². The van der Waals surface area contributed by atoms with E-state index in [1.54, 1.807) is 37.4 Å². The van der Waals surface area contributed by atoms with E-state index in [1.807, 2.05) is 68.4 Å². The highest BCUT2D eigenvalue weighted by molar-refractivity contribution is 6.46. The smallest absolute Gasteiger partial charge is 0.295 e. The van der Waals surface area contributed by atoms with E-state index in [-0.39, 0.29) is 11.3 Å². The number of ketones is 1. The lowest BCUT2D eigenvalue weighted by Gasteiger charge is -2.26. The number of benzene rings is 3. The van der Waals surface area contributed by atoms with E-state index in [0.717, 1.165) is 16.7 Å². The lowest BCUT2D eigenvalue weighted by molar-refractivity contribution is -0.140. The molecule has 1 aliphatic heterocycles. The normalized spacial score (nSPS) is 16.9. The second-order valence-corrected chi connectivity index (χ2v) is 9.32. The Labute approximate surface area is 217 Å². The third-order valence-corrected chi connectivity index (χ3v) is 6.45. The van der Waals surface area contributed by atoms with Gasteiger partial charge in [0.15, 0.2) is 0 Å². The fraction of sp³-hybridized carbons (Fsp3) is 0.267. The molecule has 37 heavy (non-hydrogen) atoms. The molecule has 1 N–H and O–H groups in total. The summed E-state index contributed by atoms with van der Waals surface area (Å²) < 4.78 is 11.2. The molecule has 1 aliphatic rings. The number of ether oxygens (including phenoxy) is 2. The van der Waals surface area contributed by atoms with Crippen LogP contribution in [-0.4, -0.2) is 60.9 Å². The third-order valence-electron chi connectivity index (χ3n) is 6.45. The Morgan fingerprint density at radius 2 is 1.70 bits per heavy atom. The van der Waals surface area contributed by atoms with Crippen LogP contribution in [0.4, 0.5) is 0 Å². The van der Waals surface area contributed by atoms with Gasteiger partial charge in [-0.05, 0) is 68.0 Å². The van der Waals surface area contributed by atoms with Crippen molar-refractivity contribution in [2.75, 3.05) is 34.3 Å². The molecule has 192 valence electrons. The van der Waals surface area contributed by atoms with Crippen molar-refractivity contribution in [2.24, 2.45) is 0 Å². The molecule has 3 aromatic carbocycles. The molecule has 0 radical (unpaired) electrons. The van der Waals surface area contributed by atoms with Crippen LogP contribution in [0.2, 0.25) is 0 Å². The van der Waals surface area contributed by atoms with E-state index >= 15 is 0 Å². The van der Waals surface area contributed by atoms with E-state index < -0.39 is 17.7 Å². The maximum Gasteiger partial charge on any atom is 0.295 e. The van der Waals surface area contributed by atoms with Crippen LogP contribution in [0, 0.1) is 6.92 Å². The van der Waals surface area contributed by atoms with E-state index in [1.165, 1.54) is 4.90 Å². The molecule has 0 aromatic heterocycles. The summed E-state index contributed by atoms with van der Waals surface area (Å²) in [5, 5.41) is 11.4. The SMILES string of the molecule is COc1ccc(C2/C(=C(/O)c3ccc(OCc4ccccc4)c(C)c3)C(=O)C(=O)N2CCN(C)C)cc1. The summed E-state index contributed by atoms with van der Waals surface area (Å²) in [4.78, 5) is 29.8. The minimum absolute atomic E-state index is 0.0753. The number of carbonyl (C=O) groups excluding carboxylic acids is 2. The van der Waals surface area contributed by atoms with Crippen molar-refractivity contribution in [2.45, 2.75) is 19.6 Å². The first-order chi connectivity index (χ1) is 17.8. The van der Waals surface area contributed by atoms with Crippen LogP contribution in [0.15, 0.2) is 78.4 Å². The van der Waals surface area contributed by atoms with Gasteiger partial charge in [-0.2, -0.15) is 0 Å². The molecule has 1 amide bonds. The molecule has 1 unspecified atom stereocenters. The summed E-state index contributed by atoms with van der Waals surface area (Å²) >= 11 is 0. The number of hydrogen-bond donors (Lipinski definition) is 1. The standard InChI is InChI=1S/C30H32N2O5/c1-20-18-23(12-15-25(20)37-19-21-8-6-5-7-9-21)28(33)26-27(22-10-13-24(36-4)14-11-22)32(17-16-31(2)3)30(35)29(26)34/h5-15,18,27,33H,16-17,19H2,1-4H3/b28-26-. The van der Waals surface area contributed by atoms with Gasteiger partial charge in [-0.1, -0.05) is 42.5 Å². The predicted octanol–water partition coefficient (Wildman–Crippen LogP) is 4.57. The van der Waals surface area contributed by atoms with Crippen LogP contribution in [0.3, 0.4) is 0 Å². The van der Waals surface area contributed by atoms with Crippen molar-refractivity contribution in [1.29, 1.82) is 0 Å². The fourth-order valence-corrected chi connectivity index (χ4v) is 4.40. The van der Waals surface area contributed by atoms with Crippen LogP contribution < -0.4 is 9.47 Å². The lowest BCUT2D eigenvalue weighted by Crippen LogP contribution is -2.35. The number of Topliss-reactive ketones (excluding diaryl/α,β-unsaturated/α-hetero) is 1. The van der Waals surface area contributed by atoms with Crippen LogP contribution in [0.5, 0.6) is 11.5 Å². The average Bonchev–Trinajstić information content (AvgIpc) is 3.16. The largest absolute Gasteiger partial charge is 0.507 e. The summed E-state index contributed by atoms with van der Waals surface area (Å²) in [5.41, 5.74) is 3.11. The van der Waals surface area contributed by atoms with Crippen LogP contribution in [-0.2, 0) is 16.2 Å². The minimum atomic E-state index is -0.708. The van der Waals surface area contributed by atoms with Gasteiger partial charge >= 0.3 is 0 Å². The zero-order valence-electron chi connectivity index (χ0n) is 21.6. The number of likely N-dealkylation sites (tertiary alicyclic amines) is 1. The first-order valence-electron chi connectivity index (χ1n) is 12.1. The maximum absolute atomic E-state index is 13.2. The van der Waals surface area contributed by atoms with Crippen molar-refractivity contribution in [1.82, 2.24) is 9.80 Å². The van der Waals surface area contributed by atoms with Gasteiger partial charge in [0.05, 0.1) is 18.7 Å². The molecule has 7 heteroatoms. The Bertz CT molecular complexity index is 1300. The average molecular weight is 501 g/mol. The number of amides is 1. The van der Waals surface area contributed by atoms with E-state index in [2.05, 4.69) is 0 Å². The summed E-state index contributed by atoms with van der Waals surface area (Å²) in [6.07, 6.45) is 0. The van der Waals surface area contributed by atoms with Crippen molar-refractivity contribution < 1.29 is 24.2 Å². The number of aryl methyl sites for hydroxylation is 1. The highest BCUT2D eigenvalue weighted by Crippen LogP contribution is 2.40. The highest BCUT2D eigenvalue weighted by Gasteiger charge is 2.45. The number of nitrogens with zero attached hydrogens (tertiary/aromatic N) is 2. The number of likely N-dealkylation sites (N-methyl/N-ethyl adjacent to an activating group) is 1. The molecule has 1 heterocycles. The molecular weight excluding hydrogens is 468 g/mol. The molecule has 1 saturated heterocycles. The lowest BCUT2D eigenvalue weighted by atomic mass is 9.94. The second-order valence-electron chi connectivity index (χ2n) is 9.32. The third kappa shape index (κ3) is 5.67. The van der Waals surface area contributed by atoms with Crippen molar-refractivity contribution in [3.05, 3.63) is 101 Å². The molecule has 0 aliphatic carbocycles. The van der Waals surface area contributed by atoms with Gasteiger partial charge < -0.3 is 24.4 Å². The molecule has 3 aromatic rings. The minimum Gasteiger partial charge on any atom is -0.507 e. The maximum atomic E-state index is 13.2. The number of methoxy groups -OCH3 is 1. The Kier molecular flexibility index (Phi) is 7.94. The molecule has 1 atom stereocenters. The Balaban J connectivity index is 1.69. The summed E-state index contributed by atoms with van der Waals surface area (Å²) in [6.45, 7) is 3.22. The number of hydrogen-bond acceptors (Lipinski definition) is 6. The predicted molar refractivity (Wildman–Crippen MR) is 143 cm³/mol. The van der Waals surface area contributed by atoms with Crippen molar-refractivity contribution >= 4 is 17.4 Å². The Hall–Kier alpha value is -4.10. The zero-order chi connectivity index (χ0) is 26.5. The van der Waals surface area contributed by atoms with Gasteiger partial charge in [0.2, 0.25) is 0 Å². The Morgan fingerprint density at radius 3 is 2.32 bits per heavy atom. The van der Waals surface area contributed by atoms with Gasteiger partial charge in [0.25, 0.3) is 11.7 Å². The molecule has 7 nitrogen and oxygen atoms in total. The number of aliphatic hydroxyl groups is 1. The van der Waals surface area contributed by atoms with Gasteiger partial charge in [-0.25, -0.2) is 0 Å². The van der Waals surface area contributed by atoms with Gasteiger partial charge in [-0.3, -0.25) is 9.59 Å². The summed E-state index contributed by atoms with van der Waals surface area (Å²) in [5.74, 6) is -0.179. The first-order valence-corrected chi connectivity index (χ1v) is 12.1. The van der Waals surface area contributed by atoms with Gasteiger partial charge in [-0.15, -0.1) is 0 Å². The molecule has 0 saturated carbocycles. The topological polar surface area (TPSA) is 79.3 Å². The molecule has 0 bridgehead atoms. The van der Waals surface area contributed by atoms with Gasteiger partial charge in [0, 0.05) is 18.7 Å². The van der Waals surface area contributed by atoms with Crippen molar-refractivity contribution in [3.63, 3.8) is 0 Å². The van der Waals surface area contributed by atoms with E-state index in [0.29, 0.717) is 36.8 Å². The fourth-order valence-electron chi connectivity index (χ4n) is 4.40. The molecule has 1 fully saturated rings. The highest BCUT2D eigenvalue weighted by atomic mass is 16.5. The zero-order valence-corrected chi connectivity index (χ0v) is 21.6. The van der Waals surface area contributed by atoms with E-state index in [4.69, 9.17) is 9.47 Å². The summed E-state index contributed by atoms with van der Waals surface area (Å²) in [7, 11) is 5.39. The van der Waals surface area contributed by atoms with E-state index in [9.17, 15) is 14.7 Å². The van der Waals surface area contributed by atoms with Crippen molar-refractivity contribution in [3.8, 4) is 11.5 Å². The molecular formula is C30H32N2O5. The summed E-state index contributed by atoms with van der Waals surface area (Å²) in [6, 6.07) is 21.6. The Morgan fingerprint density at radius 1 is 1.00 bits per heavy atom. The molecule has 4 rings (SSSR count). The second kappa shape index (κ2) is 11.3. The van der Waals surface area contributed by atoms with Gasteiger partial charge in [0.1, 0.15) is 23.9 Å². The van der Waals surface area contributed by atoms with Crippen LogP contribution in [0.25, 0.3) is 5.76 Å². The number of aliphatic hydroxyl groups excluding tert-OH is 1. The first kappa shape index (κ1) is 26.0. The van der Waals surface area contributed by atoms with Crippen LogP contribution >= 0.6 is 0 Å². The number of rotatable bonds is 9. The monoisotopic (exact) mass is 500 g/mol. The quantitative estimate of drug-likeness (QED) is 0.264.